The lowest BCUT2D eigenvalue weighted by Crippen LogP contribution is -2.49. The molecule has 0 aromatic heterocycles. The predicted octanol–water partition coefficient (Wildman–Crippen LogP) is 6.32. The summed E-state index contributed by atoms with van der Waals surface area (Å²) in [6, 6.07) is 15.2. The molecule has 1 unspecified atom stereocenters. The summed E-state index contributed by atoms with van der Waals surface area (Å²) in [6.07, 6.45) is -2.45. The average molecular weight is 624 g/mol. The van der Waals surface area contributed by atoms with E-state index in [0.717, 1.165) is 38.1 Å². The van der Waals surface area contributed by atoms with Crippen LogP contribution in [0.4, 0.5) is 24.5 Å². The number of alkyl halides is 3. The zero-order valence-corrected chi connectivity index (χ0v) is 23.9. The van der Waals surface area contributed by atoms with Gasteiger partial charge in [-0.1, -0.05) is 23.7 Å². The lowest BCUT2D eigenvalue weighted by Gasteiger charge is -2.36. The van der Waals surface area contributed by atoms with E-state index in [0.29, 0.717) is 17.8 Å². The second-order valence-corrected chi connectivity index (χ2v) is 13.3. The van der Waals surface area contributed by atoms with E-state index in [1.165, 1.54) is 30.3 Å². The molecule has 1 amide bonds. The van der Waals surface area contributed by atoms with Gasteiger partial charge in [0.15, 0.2) is 14.6 Å². The first-order valence-electron chi connectivity index (χ1n) is 13.3. The molecule has 1 atom stereocenters. The van der Waals surface area contributed by atoms with Crippen molar-refractivity contribution >= 4 is 38.7 Å². The van der Waals surface area contributed by atoms with Crippen molar-refractivity contribution in [2.45, 2.75) is 48.1 Å². The number of nitrogens with one attached hydrogen (secondary N) is 2. The topological polar surface area (TPSA) is 120 Å². The molecule has 1 spiro atoms. The van der Waals surface area contributed by atoms with E-state index in [-0.39, 0.29) is 39.7 Å². The van der Waals surface area contributed by atoms with Crippen LogP contribution in [0.3, 0.4) is 0 Å². The highest BCUT2D eigenvalue weighted by molar-refractivity contribution is 7.93. The summed E-state index contributed by atoms with van der Waals surface area (Å²) in [7, 11) is -4.28. The van der Waals surface area contributed by atoms with Gasteiger partial charge in [0, 0.05) is 0 Å². The number of rotatable bonds is 7. The molecule has 1 aliphatic carbocycles. The van der Waals surface area contributed by atoms with Crippen molar-refractivity contribution in [1.29, 1.82) is 0 Å². The van der Waals surface area contributed by atoms with Gasteiger partial charge in [0.05, 0.1) is 21.3 Å². The minimum absolute atomic E-state index is 0.0517. The van der Waals surface area contributed by atoms with Crippen molar-refractivity contribution in [2.75, 3.05) is 24.1 Å². The molecule has 3 aromatic rings. The van der Waals surface area contributed by atoms with Crippen LogP contribution in [0, 0.1) is 5.41 Å². The molecule has 13 heteroatoms. The van der Waals surface area contributed by atoms with Gasteiger partial charge in [-0.15, -0.1) is 13.2 Å². The van der Waals surface area contributed by atoms with Crippen LogP contribution >= 0.6 is 11.6 Å². The number of halogens is 4. The van der Waals surface area contributed by atoms with Gasteiger partial charge in [-0.25, -0.2) is 8.42 Å². The highest BCUT2D eigenvalue weighted by Gasteiger charge is 2.60. The van der Waals surface area contributed by atoms with E-state index >= 15 is 0 Å². The Balaban J connectivity index is 1.44. The van der Waals surface area contributed by atoms with Crippen molar-refractivity contribution in [3.63, 3.8) is 0 Å². The molecule has 3 aromatic carbocycles. The molecule has 2 aliphatic rings. The van der Waals surface area contributed by atoms with E-state index in [9.17, 15) is 26.4 Å². The van der Waals surface area contributed by atoms with Crippen LogP contribution in [0.15, 0.2) is 71.6 Å². The van der Waals surface area contributed by atoms with Crippen molar-refractivity contribution in [3.8, 4) is 17.2 Å². The number of anilines is 2. The Kier molecular flexibility index (Phi) is 8.08. The van der Waals surface area contributed by atoms with Gasteiger partial charge in [-0.2, -0.15) is 0 Å². The molecule has 5 rings (SSSR count). The maximum absolute atomic E-state index is 14.4. The van der Waals surface area contributed by atoms with Gasteiger partial charge in [0.1, 0.15) is 17.2 Å². The van der Waals surface area contributed by atoms with E-state index in [2.05, 4.69) is 15.4 Å². The Bertz CT molecular complexity index is 1580. The normalized spacial score (nSPS) is 20.3. The second kappa shape index (κ2) is 11.3. The van der Waals surface area contributed by atoms with Gasteiger partial charge >= 0.3 is 6.36 Å². The van der Waals surface area contributed by atoms with Gasteiger partial charge in [0.2, 0.25) is 5.91 Å². The maximum atomic E-state index is 14.4. The molecule has 0 radical (unpaired) electrons. The van der Waals surface area contributed by atoms with Gasteiger partial charge in [0.25, 0.3) is 0 Å². The standard InChI is InChI=1S/C29H29ClF3N3O5S/c30-22-17-21(9-10-25(22)40-19-5-7-20(8-6-19)41-29(31,32)33)42(38,39)28(12-11-27(18-28)13-15-35-16-14-27)26(37)36-24-4-2-1-3-23(24)34/h1-10,17,35H,11-16,18,34H2,(H,36,37). The zero-order chi connectivity index (χ0) is 30.2. The molecular formula is C29H29ClF3N3O5S. The van der Waals surface area contributed by atoms with Crippen molar-refractivity contribution in [1.82, 2.24) is 5.32 Å². The number of sulfone groups is 1. The third kappa shape index (κ3) is 6.02. The van der Waals surface area contributed by atoms with E-state index in [4.69, 9.17) is 22.1 Å². The lowest BCUT2D eigenvalue weighted by molar-refractivity contribution is -0.274. The fourth-order valence-electron chi connectivity index (χ4n) is 5.82. The molecule has 42 heavy (non-hydrogen) atoms. The SMILES string of the molecule is Nc1ccccc1NC(=O)C1(S(=O)(=O)c2ccc(Oc3ccc(OC(F)(F)F)cc3)c(Cl)c2)CCC2(CCNCC2)C1. The van der Waals surface area contributed by atoms with E-state index < -0.39 is 32.6 Å². The summed E-state index contributed by atoms with van der Waals surface area (Å²) in [5, 5.41) is 6.02. The fraction of sp³-hybridized carbons (Fsp3) is 0.345. The van der Waals surface area contributed by atoms with Crippen molar-refractivity contribution in [2.24, 2.45) is 5.41 Å². The van der Waals surface area contributed by atoms with Crippen LogP contribution < -0.4 is 25.8 Å². The number of carbonyl (C=O) groups excluding carboxylic acids is 1. The minimum Gasteiger partial charge on any atom is -0.456 e. The Morgan fingerprint density at radius 1 is 0.952 bits per heavy atom. The molecule has 0 bridgehead atoms. The lowest BCUT2D eigenvalue weighted by atomic mass is 9.77. The summed E-state index contributed by atoms with van der Waals surface area (Å²) in [5.41, 5.74) is 6.39. The molecule has 1 aliphatic heterocycles. The minimum atomic E-state index is -4.83. The highest BCUT2D eigenvalue weighted by Crippen LogP contribution is 2.55. The van der Waals surface area contributed by atoms with Gasteiger partial charge in [-0.05, 0) is 105 Å². The molecule has 8 nitrogen and oxygen atoms in total. The molecule has 224 valence electrons. The maximum Gasteiger partial charge on any atom is 0.573 e. The van der Waals surface area contributed by atoms with Crippen LogP contribution in [0.1, 0.15) is 32.1 Å². The number of para-hydroxylation sites is 2. The molecule has 2 fully saturated rings. The Morgan fingerprint density at radius 2 is 1.62 bits per heavy atom. The Labute approximate surface area is 246 Å². The zero-order valence-electron chi connectivity index (χ0n) is 22.3. The summed E-state index contributed by atoms with van der Waals surface area (Å²) in [4.78, 5) is 13.8. The number of piperidine rings is 1. The van der Waals surface area contributed by atoms with Crippen LogP contribution in [0.5, 0.6) is 17.2 Å². The molecule has 1 saturated carbocycles. The summed E-state index contributed by atoms with van der Waals surface area (Å²) < 4.78 is 73.8. The number of nitrogen functional groups attached to an aromatic ring is 1. The van der Waals surface area contributed by atoms with Crippen LogP contribution in [-0.2, 0) is 14.6 Å². The molecule has 4 N–H and O–H groups in total. The smallest absolute Gasteiger partial charge is 0.456 e. The largest absolute Gasteiger partial charge is 0.573 e. The molecule has 1 saturated heterocycles. The molecular weight excluding hydrogens is 595 g/mol. The van der Waals surface area contributed by atoms with Crippen molar-refractivity contribution < 1.29 is 35.9 Å². The average Bonchev–Trinajstić information content (AvgIpc) is 3.32. The number of ether oxygens (including phenoxy) is 2. The Hall–Kier alpha value is -3.48. The summed E-state index contributed by atoms with van der Waals surface area (Å²) in [5.74, 6) is -0.835. The van der Waals surface area contributed by atoms with Gasteiger partial charge in [-0.3, -0.25) is 4.79 Å². The number of hydrogen-bond donors (Lipinski definition) is 3. The first kappa shape index (κ1) is 30.0. The first-order valence-corrected chi connectivity index (χ1v) is 15.1. The fourth-order valence-corrected chi connectivity index (χ4v) is 8.24. The quantitative estimate of drug-likeness (QED) is 0.264. The Morgan fingerprint density at radius 3 is 2.26 bits per heavy atom. The predicted molar refractivity (Wildman–Crippen MR) is 152 cm³/mol. The first-order chi connectivity index (χ1) is 19.8. The highest BCUT2D eigenvalue weighted by atomic mass is 35.5. The van der Waals surface area contributed by atoms with E-state index in [1.54, 1.807) is 24.3 Å². The summed E-state index contributed by atoms with van der Waals surface area (Å²) >= 11 is 6.44. The van der Waals surface area contributed by atoms with E-state index in [1.807, 2.05) is 0 Å². The van der Waals surface area contributed by atoms with Crippen LogP contribution in [-0.4, -0.2) is 38.5 Å². The molecule has 1 heterocycles. The van der Waals surface area contributed by atoms with Crippen LogP contribution in [0.25, 0.3) is 0 Å². The number of hydrogen-bond acceptors (Lipinski definition) is 7. The number of benzene rings is 3. The third-order valence-corrected chi connectivity index (χ3v) is 10.8. The van der Waals surface area contributed by atoms with Gasteiger partial charge < -0.3 is 25.8 Å². The second-order valence-electron chi connectivity index (χ2n) is 10.7. The number of nitrogens with two attached hydrogens (primary N) is 1. The number of carbonyl (C=O) groups is 1. The number of amides is 1. The summed E-state index contributed by atoms with van der Waals surface area (Å²) in [6.45, 7) is 1.48. The van der Waals surface area contributed by atoms with Crippen LogP contribution in [0.2, 0.25) is 5.02 Å². The third-order valence-electron chi connectivity index (χ3n) is 8.02. The van der Waals surface area contributed by atoms with Crippen molar-refractivity contribution in [3.05, 3.63) is 71.8 Å². The monoisotopic (exact) mass is 623 g/mol.